The molecular weight excluding hydrogens is 295 g/mol. The van der Waals surface area contributed by atoms with Gasteiger partial charge in [-0.15, -0.1) is 0 Å². The molecule has 0 saturated carbocycles. The second-order valence-corrected chi connectivity index (χ2v) is 5.81. The summed E-state index contributed by atoms with van der Waals surface area (Å²) in [5.41, 5.74) is 2.72. The molecule has 0 aliphatic carbocycles. The Hall–Kier alpha value is -2.43. The minimum absolute atomic E-state index is 0.318. The Bertz CT molecular complexity index is 691. The van der Waals surface area contributed by atoms with Crippen LogP contribution in [0, 0.1) is 6.92 Å². The van der Waals surface area contributed by atoms with Crippen molar-refractivity contribution in [1.82, 2.24) is 4.98 Å². The maximum absolute atomic E-state index is 13.7. The standard InChI is InChI=1S/C18H21FN2O2/c1-5-13-7-9-15(20-11-13)17(22)21-14-8-6-12(2)16(10-14)23-18(3,4)19/h6-11H,5H2,1-4H3,(H,21,22). The number of rotatable bonds is 5. The number of ether oxygens (including phenoxy) is 1. The first-order valence-electron chi connectivity index (χ1n) is 7.53. The van der Waals surface area contributed by atoms with Gasteiger partial charge in [0.05, 0.1) is 0 Å². The first-order valence-corrected chi connectivity index (χ1v) is 7.53. The number of aromatic nitrogens is 1. The summed E-state index contributed by atoms with van der Waals surface area (Å²) in [6.07, 6.45) is 2.55. The molecule has 1 aromatic carbocycles. The van der Waals surface area contributed by atoms with Gasteiger partial charge in [-0.05, 0) is 36.6 Å². The SMILES string of the molecule is CCc1ccc(C(=O)Nc2ccc(C)c(OC(C)(C)F)c2)nc1. The molecular formula is C18H21FN2O2. The number of anilines is 1. The van der Waals surface area contributed by atoms with Gasteiger partial charge in [0.15, 0.2) is 0 Å². The zero-order valence-corrected chi connectivity index (χ0v) is 13.8. The lowest BCUT2D eigenvalue weighted by Gasteiger charge is -2.19. The molecule has 0 unspecified atom stereocenters. The molecule has 1 amide bonds. The van der Waals surface area contributed by atoms with Gasteiger partial charge in [-0.25, -0.2) is 0 Å². The molecule has 0 radical (unpaired) electrons. The number of carbonyl (C=O) groups excluding carboxylic acids is 1. The van der Waals surface area contributed by atoms with E-state index in [0.29, 0.717) is 17.1 Å². The van der Waals surface area contributed by atoms with Crippen molar-refractivity contribution in [1.29, 1.82) is 0 Å². The highest BCUT2D eigenvalue weighted by Crippen LogP contribution is 2.27. The fraction of sp³-hybridized carbons (Fsp3) is 0.333. The lowest BCUT2D eigenvalue weighted by atomic mass is 10.2. The van der Waals surface area contributed by atoms with E-state index in [1.165, 1.54) is 13.8 Å². The monoisotopic (exact) mass is 316 g/mol. The maximum atomic E-state index is 13.7. The van der Waals surface area contributed by atoms with E-state index < -0.39 is 5.85 Å². The Morgan fingerprint density at radius 2 is 2.04 bits per heavy atom. The van der Waals surface area contributed by atoms with Crippen LogP contribution in [0.15, 0.2) is 36.5 Å². The van der Waals surface area contributed by atoms with Crippen LogP contribution in [0.4, 0.5) is 10.1 Å². The summed E-state index contributed by atoms with van der Waals surface area (Å²) in [7, 11) is 0. The third kappa shape index (κ3) is 4.77. The smallest absolute Gasteiger partial charge is 0.274 e. The van der Waals surface area contributed by atoms with Gasteiger partial charge in [-0.3, -0.25) is 9.78 Å². The lowest BCUT2D eigenvalue weighted by Crippen LogP contribution is -2.21. The number of nitrogens with one attached hydrogen (secondary N) is 1. The van der Waals surface area contributed by atoms with Crippen LogP contribution in [0.2, 0.25) is 0 Å². The number of halogens is 1. The van der Waals surface area contributed by atoms with Gasteiger partial charge < -0.3 is 10.1 Å². The van der Waals surface area contributed by atoms with E-state index in [2.05, 4.69) is 10.3 Å². The molecule has 0 saturated heterocycles. The zero-order valence-electron chi connectivity index (χ0n) is 13.8. The van der Waals surface area contributed by atoms with Gasteiger partial charge in [-0.2, -0.15) is 4.39 Å². The number of hydrogen-bond donors (Lipinski definition) is 1. The highest BCUT2D eigenvalue weighted by atomic mass is 19.2. The summed E-state index contributed by atoms with van der Waals surface area (Å²) >= 11 is 0. The molecule has 4 nitrogen and oxygen atoms in total. The quantitative estimate of drug-likeness (QED) is 0.895. The van der Waals surface area contributed by atoms with Crippen LogP contribution < -0.4 is 10.1 Å². The topological polar surface area (TPSA) is 51.2 Å². The van der Waals surface area contributed by atoms with E-state index in [9.17, 15) is 9.18 Å². The molecule has 0 atom stereocenters. The van der Waals surface area contributed by atoms with E-state index in [-0.39, 0.29) is 5.91 Å². The number of amides is 1. The molecule has 23 heavy (non-hydrogen) atoms. The predicted molar refractivity (Wildman–Crippen MR) is 88.6 cm³/mol. The van der Waals surface area contributed by atoms with Crippen molar-refractivity contribution in [2.75, 3.05) is 5.32 Å². The summed E-state index contributed by atoms with van der Waals surface area (Å²) in [6, 6.07) is 8.67. The summed E-state index contributed by atoms with van der Waals surface area (Å²) in [6.45, 7) is 6.50. The van der Waals surface area contributed by atoms with Crippen LogP contribution >= 0.6 is 0 Å². The first kappa shape index (κ1) is 16.9. The van der Waals surface area contributed by atoms with Crippen LogP contribution in [-0.4, -0.2) is 16.7 Å². The van der Waals surface area contributed by atoms with E-state index in [1.54, 1.807) is 30.5 Å². The number of hydrogen-bond acceptors (Lipinski definition) is 3. The highest BCUT2D eigenvalue weighted by Gasteiger charge is 2.18. The van der Waals surface area contributed by atoms with Crippen molar-refractivity contribution in [2.24, 2.45) is 0 Å². The lowest BCUT2D eigenvalue weighted by molar-refractivity contribution is -0.0261. The maximum Gasteiger partial charge on any atom is 0.274 e. The first-order chi connectivity index (χ1) is 10.8. The van der Waals surface area contributed by atoms with Crippen LogP contribution in [0.5, 0.6) is 5.75 Å². The average Bonchev–Trinajstić information content (AvgIpc) is 2.49. The van der Waals surface area contributed by atoms with E-state index >= 15 is 0 Å². The Morgan fingerprint density at radius 3 is 2.61 bits per heavy atom. The van der Waals surface area contributed by atoms with Crippen molar-refractivity contribution in [3.05, 3.63) is 53.3 Å². The van der Waals surface area contributed by atoms with Crippen molar-refractivity contribution in [3.8, 4) is 5.75 Å². The molecule has 0 aliphatic heterocycles. The number of alkyl halides is 1. The van der Waals surface area contributed by atoms with E-state index in [4.69, 9.17) is 4.74 Å². The Morgan fingerprint density at radius 1 is 1.30 bits per heavy atom. The van der Waals surface area contributed by atoms with Gasteiger partial charge in [0.25, 0.3) is 5.91 Å². The minimum atomic E-state index is -1.79. The molecule has 1 N–H and O–H groups in total. The minimum Gasteiger partial charge on any atom is -0.458 e. The number of nitrogens with zero attached hydrogens (tertiary/aromatic N) is 1. The fourth-order valence-corrected chi connectivity index (χ4v) is 2.01. The number of pyridine rings is 1. The summed E-state index contributed by atoms with van der Waals surface area (Å²) in [5, 5.41) is 2.75. The Kier molecular flexibility index (Phi) is 4.98. The third-order valence-corrected chi connectivity index (χ3v) is 3.26. The number of aryl methyl sites for hydroxylation is 2. The third-order valence-electron chi connectivity index (χ3n) is 3.26. The molecule has 0 fully saturated rings. The van der Waals surface area contributed by atoms with Crippen LogP contribution in [0.1, 0.15) is 42.4 Å². The largest absolute Gasteiger partial charge is 0.458 e. The second-order valence-electron chi connectivity index (χ2n) is 5.81. The molecule has 1 heterocycles. The zero-order chi connectivity index (χ0) is 17.0. The molecule has 122 valence electrons. The fourth-order valence-electron chi connectivity index (χ4n) is 2.01. The van der Waals surface area contributed by atoms with Crippen molar-refractivity contribution in [2.45, 2.75) is 40.0 Å². The van der Waals surface area contributed by atoms with Crippen LogP contribution in [0.3, 0.4) is 0 Å². The highest BCUT2D eigenvalue weighted by molar-refractivity contribution is 6.02. The van der Waals surface area contributed by atoms with Gasteiger partial charge in [0.2, 0.25) is 5.85 Å². The second kappa shape index (κ2) is 6.77. The number of carbonyl (C=O) groups is 1. The van der Waals surface area contributed by atoms with Gasteiger partial charge in [-0.1, -0.05) is 19.1 Å². The summed E-state index contributed by atoms with van der Waals surface area (Å²) in [4.78, 5) is 16.3. The van der Waals surface area contributed by atoms with Gasteiger partial charge in [0, 0.05) is 31.8 Å². The molecule has 0 bridgehead atoms. The molecule has 5 heteroatoms. The van der Waals surface area contributed by atoms with Crippen LogP contribution in [0.25, 0.3) is 0 Å². The van der Waals surface area contributed by atoms with Gasteiger partial charge in [0.1, 0.15) is 11.4 Å². The van der Waals surface area contributed by atoms with E-state index in [0.717, 1.165) is 17.5 Å². The Labute approximate surface area is 135 Å². The van der Waals surface area contributed by atoms with Crippen molar-refractivity contribution < 1.29 is 13.9 Å². The Balaban J connectivity index is 2.15. The average molecular weight is 316 g/mol. The van der Waals surface area contributed by atoms with Crippen molar-refractivity contribution in [3.63, 3.8) is 0 Å². The van der Waals surface area contributed by atoms with Crippen LogP contribution in [-0.2, 0) is 6.42 Å². The predicted octanol–water partition coefficient (Wildman–Crippen LogP) is 4.29. The normalized spacial score (nSPS) is 11.2. The molecule has 2 rings (SSSR count). The molecule has 1 aromatic heterocycles. The summed E-state index contributed by atoms with van der Waals surface area (Å²) in [5.74, 6) is -1.71. The van der Waals surface area contributed by atoms with E-state index in [1.807, 2.05) is 19.9 Å². The van der Waals surface area contributed by atoms with Gasteiger partial charge >= 0.3 is 0 Å². The summed E-state index contributed by atoms with van der Waals surface area (Å²) < 4.78 is 18.9. The molecule has 0 aliphatic rings. The molecule has 0 spiro atoms. The molecule has 2 aromatic rings. The number of benzene rings is 1. The van der Waals surface area contributed by atoms with Crippen molar-refractivity contribution >= 4 is 11.6 Å².